The lowest BCUT2D eigenvalue weighted by molar-refractivity contribution is 0.487. The first-order valence-electron chi connectivity index (χ1n) is 41.3. The highest BCUT2D eigenvalue weighted by Crippen LogP contribution is 2.60. The highest BCUT2D eigenvalue weighted by Gasteiger charge is 2.49. The second kappa shape index (κ2) is 21.7. The normalized spacial score (nSPS) is 16.3. The largest absolute Gasteiger partial charge is 0.458 e. The molecule has 0 atom stereocenters. The summed E-state index contributed by atoms with van der Waals surface area (Å²) in [6.45, 7) is 18.9. The Morgan fingerprint density at radius 1 is 0.379 bits per heavy atom. The smallest absolute Gasteiger partial charge is 0.256 e. The van der Waals surface area contributed by atoms with Gasteiger partial charge in [-0.1, -0.05) is 305 Å². The van der Waals surface area contributed by atoms with Crippen LogP contribution in [0.1, 0.15) is 126 Å². The van der Waals surface area contributed by atoms with Crippen molar-refractivity contribution in [2.24, 2.45) is 0 Å². The molecule has 3 nitrogen and oxygen atoms in total. The number of nitrogens with zero attached hydrogens (tertiary/aromatic N) is 2. The molecule has 0 radical (unpaired) electrons. The molecule has 95 heavy (non-hydrogen) atoms. The zero-order valence-corrected chi connectivity index (χ0v) is 54.2. The van der Waals surface area contributed by atoms with E-state index >= 15 is 0 Å². The van der Waals surface area contributed by atoms with Crippen LogP contribution in [0.15, 0.2) is 291 Å². The Kier molecular flexibility index (Phi) is 9.55. The first kappa shape index (κ1) is 41.8. The fourth-order valence-corrected chi connectivity index (χ4v) is 14.9. The van der Waals surface area contributed by atoms with Crippen molar-refractivity contribution in [2.45, 2.75) is 84.0 Å². The van der Waals surface area contributed by atoms with E-state index in [-0.39, 0.29) is 55.0 Å². The minimum atomic E-state index is -2.25. The van der Waals surface area contributed by atoms with E-state index in [4.69, 9.17) is 10.2 Å². The third-order valence-corrected chi connectivity index (χ3v) is 19.5. The summed E-state index contributed by atoms with van der Waals surface area (Å²) in [6, 6.07) is 48.6. The van der Waals surface area contributed by atoms with Gasteiger partial charge >= 0.3 is 0 Å². The van der Waals surface area contributed by atoms with Gasteiger partial charge in [-0.05, 0) is 159 Å². The minimum absolute atomic E-state index is 0.108. The van der Waals surface area contributed by atoms with Crippen molar-refractivity contribution in [1.82, 2.24) is 4.57 Å². The van der Waals surface area contributed by atoms with Crippen LogP contribution in [0, 0.1) is 0 Å². The van der Waals surface area contributed by atoms with Gasteiger partial charge in [0.1, 0.15) is 11.5 Å². The van der Waals surface area contributed by atoms with Gasteiger partial charge in [0.15, 0.2) is 0 Å². The molecule has 17 rings (SSSR count). The molecule has 3 aliphatic rings. The van der Waals surface area contributed by atoms with Crippen LogP contribution in [0.3, 0.4) is 0 Å². The number of anilines is 3. The van der Waals surface area contributed by atoms with Gasteiger partial charge in [-0.2, -0.15) is 0 Å². The number of para-hydroxylation sites is 2. The third-order valence-electron chi connectivity index (χ3n) is 19.5. The summed E-state index contributed by atoms with van der Waals surface area (Å²) in [6.07, 6.45) is 0. The average molecular weight is 1240 g/mol. The third kappa shape index (κ3) is 9.23. The van der Waals surface area contributed by atoms with E-state index in [0.29, 0.717) is 61.8 Å². The second-order valence-electron chi connectivity index (χ2n) is 28.3. The molecule has 3 heterocycles. The standard InChI is InChI=1S/C91H75BN2O/c1-88(2,3)65-49-62(50-66(53-65)89(4,5)6)60-45-48-78-83(52-60)95-84-57-68(93-79-43-26-23-38-71(79)72-39-24-27-44-80(72)93)56-82-86(84)92(78)77-47-46-61(51-81(77)94(82)87-74(58-29-14-10-15-30-58)54-67(90(7,8)9)55-75(87)59-31-16-11-17-32-59)69-40-28-41-73-70-37-22-25-42-76(70)91(85(69)73,63-33-18-12-19-34-63)64-35-20-13-21-36-64/h10-57H,1-9H3/i12D,13D,18D,19D,20D,21D,23D,24D,26D,27D,33D,34D,35D,36D,38D,39D,43D,44D. The van der Waals surface area contributed by atoms with Gasteiger partial charge in [-0.15, -0.1) is 0 Å². The summed E-state index contributed by atoms with van der Waals surface area (Å²) in [5, 5.41) is -0.234. The monoisotopic (exact) mass is 1240 g/mol. The molecule has 14 aromatic rings. The summed E-state index contributed by atoms with van der Waals surface area (Å²) in [7, 11) is 0. The molecule has 0 bridgehead atoms. The van der Waals surface area contributed by atoms with Crippen LogP contribution in [0.4, 0.5) is 17.1 Å². The van der Waals surface area contributed by atoms with Crippen LogP contribution in [0.25, 0.3) is 83.1 Å². The number of fused-ring (bicyclic) bond motifs is 10. The zero-order chi connectivity index (χ0) is 80.4. The number of rotatable bonds is 8. The molecule has 0 spiro atoms. The van der Waals surface area contributed by atoms with Crippen molar-refractivity contribution in [2.75, 3.05) is 4.90 Å². The lowest BCUT2D eigenvalue weighted by Crippen LogP contribution is -2.59. The maximum absolute atomic E-state index is 10.1. The number of aromatic nitrogens is 1. The Balaban J connectivity index is 1.07. The fourth-order valence-electron chi connectivity index (χ4n) is 14.9. The molecule has 4 heteroatoms. The number of ether oxygens (including phenoxy) is 1. The molecule has 0 saturated heterocycles. The van der Waals surface area contributed by atoms with Gasteiger partial charge < -0.3 is 14.2 Å². The Morgan fingerprint density at radius 2 is 0.895 bits per heavy atom. The van der Waals surface area contributed by atoms with E-state index in [2.05, 4.69) is 140 Å². The van der Waals surface area contributed by atoms with Crippen LogP contribution in [0.2, 0.25) is 0 Å². The molecule has 0 unspecified atom stereocenters. The number of benzene rings is 13. The molecule has 0 fully saturated rings. The molecular weight excluding hydrogens is 1150 g/mol. The molecule has 13 aromatic carbocycles. The SMILES string of the molecule is [2H]c1c([2H])c([2H])c(C2(c3c([2H])c([2H])c([2H])c([2H])c3[2H])c3ccccc3-c3cccc(-c4ccc5c(c4)N(c4c(-c6ccccc6)cc(C(C)(C)C)cc4-c4ccccc4)c4cc(-n6c7c([2H])c([2H])c([2H])c([2H])c7c7c([2H])c([2H])c([2H])c([2H])c76)cc6c4B5c4ccc(-c5cc(C(C)(C)C)cc(C(C)(C)C)c5)cc4O6)c32)c([2H])c1[2H]. The molecule has 2 aliphatic heterocycles. The van der Waals surface area contributed by atoms with E-state index in [0.717, 1.165) is 61.0 Å². The van der Waals surface area contributed by atoms with Gasteiger partial charge in [0.2, 0.25) is 0 Å². The van der Waals surface area contributed by atoms with Gasteiger partial charge in [0, 0.05) is 39.3 Å². The van der Waals surface area contributed by atoms with Crippen LogP contribution in [-0.2, 0) is 21.7 Å². The first-order valence-corrected chi connectivity index (χ1v) is 32.3. The average Bonchev–Trinajstić information content (AvgIpc) is 1.61. The van der Waals surface area contributed by atoms with E-state index in [1.807, 2.05) is 84.9 Å². The van der Waals surface area contributed by atoms with E-state index in [9.17, 15) is 19.2 Å². The predicted molar refractivity (Wildman–Crippen MR) is 402 cm³/mol. The predicted octanol–water partition coefficient (Wildman–Crippen LogP) is 22.1. The maximum atomic E-state index is 10.1. The highest BCUT2D eigenvalue weighted by molar-refractivity contribution is 6.99. The van der Waals surface area contributed by atoms with Gasteiger partial charge in [-0.3, -0.25) is 0 Å². The van der Waals surface area contributed by atoms with Crippen LogP contribution in [0.5, 0.6) is 11.5 Å². The van der Waals surface area contributed by atoms with E-state index < -0.39 is 126 Å². The zero-order valence-electron chi connectivity index (χ0n) is 72.2. The molecule has 0 amide bonds. The van der Waals surface area contributed by atoms with Gasteiger partial charge in [0.25, 0.3) is 6.71 Å². The summed E-state index contributed by atoms with van der Waals surface area (Å²) in [5.41, 5.74) is 10.8. The Hall–Kier alpha value is -10.7. The molecule has 0 saturated carbocycles. The fraction of sp³-hybridized carbons (Fsp3) is 0.143. The van der Waals surface area contributed by atoms with Crippen LogP contribution >= 0.6 is 0 Å². The van der Waals surface area contributed by atoms with Crippen molar-refractivity contribution in [3.63, 3.8) is 0 Å². The van der Waals surface area contributed by atoms with Crippen LogP contribution in [-0.4, -0.2) is 11.3 Å². The maximum Gasteiger partial charge on any atom is 0.256 e. The second-order valence-corrected chi connectivity index (χ2v) is 28.3. The topological polar surface area (TPSA) is 17.4 Å². The van der Waals surface area contributed by atoms with Crippen molar-refractivity contribution < 1.29 is 29.4 Å². The van der Waals surface area contributed by atoms with Crippen molar-refractivity contribution >= 4 is 62.0 Å². The summed E-state index contributed by atoms with van der Waals surface area (Å²) in [4.78, 5) is 2.18. The molecular formula is C91H75BN2O. The summed E-state index contributed by atoms with van der Waals surface area (Å²) >= 11 is 0. The molecule has 1 aliphatic carbocycles. The first-order chi connectivity index (χ1) is 53.5. The van der Waals surface area contributed by atoms with E-state index in [1.165, 1.54) is 4.57 Å². The van der Waals surface area contributed by atoms with Gasteiger partial charge in [-0.25, -0.2) is 0 Å². The summed E-state index contributed by atoms with van der Waals surface area (Å²) < 4.78 is 181. The number of hydrogen-bond donors (Lipinski definition) is 0. The lowest BCUT2D eigenvalue weighted by Gasteiger charge is -2.42. The van der Waals surface area contributed by atoms with Crippen LogP contribution < -0.4 is 26.0 Å². The van der Waals surface area contributed by atoms with E-state index in [1.54, 1.807) is 24.3 Å². The Bertz CT molecular complexity index is 6240. The van der Waals surface area contributed by atoms with Crippen molar-refractivity contribution in [1.29, 1.82) is 0 Å². The lowest BCUT2D eigenvalue weighted by atomic mass is 9.34. The highest BCUT2D eigenvalue weighted by atomic mass is 16.5. The number of hydrogen-bond acceptors (Lipinski definition) is 2. The summed E-state index contributed by atoms with van der Waals surface area (Å²) in [5.74, 6) is 0.790. The Labute approximate surface area is 585 Å². The minimum Gasteiger partial charge on any atom is -0.458 e. The molecule has 0 N–H and O–H groups in total. The molecule has 1 aromatic heterocycles. The molecule has 458 valence electrons. The Morgan fingerprint density at radius 3 is 1.49 bits per heavy atom. The van der Waals surface area contributed by atoms with Crippen molar-refractivity contribution in [3.05, 3.63) is 330 Å². The van der Waals surface area contributed by atoms with Crippen molar-refractivity contribution in [3.8, 4) is 72.8 Å². The quantitative estimate of drug-likeness (QED) is 0.141. The van der Waals surface area contributed by atoms with Gasteiger partial charge in [0.05, 0.1) is 52.5 Å².